The number of hydrogen-bond acceptors (Lipinski definition) is 4. The average Bonchev–Trinajstić information content (AvgIpc) is 2.30. The highest BCUT2D eigenvalue weighted by atomic mass is 16.3. The van der Waals surface area contributed by atoms with Gasteiger partial charge in [-0.3, -0.25) is 4.98 Å². The summed E-state index contributed by atoms with van der Waals surface area (Å²) < 4.78 is 0. The predicted octanol–water partition coefficient (Wildman–Crippen LogP) is 1.59. The third kappa shape index (κ3) is 1.99. The van der Waals surface area contributed by atoms with Gasteiger partial charge < -0.3 is 5.11 Å². The summed E-state index contributed by atoms with van der Waals surface area (Å²) in [5.41, 5.74) is 2.20. The van der Waals surface area contributed by atoms with Gasteiger partial charge in [-0.1, -0.05) is 6.07 Å². The van der Waals surface area contributed by atoms with Crippen molar-refractivity contribution in [3.8, 4) is 11.4 Å². The molecule has 1 atom stereocenters. The van der Waals surface area contributed by atoms with Crippen LogP contribution in [0.25, 0.3) is 11.4 Å². The molecule has 1 unspecified atom stereocenters. The van der Waals surface area contributed by atoms with E-state index in [0.717, 1.165) is 11.3 Å². The van der Waals surface area contributed by atoms with Crippen molar-refractivity contribution in [2.45, 2.75) is 13.0 Å². The Morgan fingerprint density at radius 3 is 2.73 bits per heavy atom. The normalized spacial score (nSPS) is 12.4. The number of aliphatic hydroxyl groups excluding tert-OH is 1. The lowest BCUT2D eigenvalue weighted by Gasteiger charge is -2.09. The van der Waals surface area contributed by atoms with Gasteiger partial charge in [0.25, 0.3) is 0 Å². The topological polar surface area (TPSA) is 58.9 Å². The van der Waals surface area contributed by atoms with Crippen LogP contribution in [0.4, 0.5) is 0 Å². The standard InChI is InChI=1S/C11H11N3O/c1-8(15)9-3-2-5-13-11(9)10-4-6-12-7-14-10/h2-8,15H,1H3. The van der Waals surface area contributed by atoms with E-state index in [0.29, 0.717) is 5.69 Å². The summed E-state index contributed by atoms with van der Waals surface area (Å²) in [6.45, 7) is 1.71. The maximum Gasteiger partial charge on any atom is 0.116 e. The minimum absolute atomic E-state index is 0.552. The molecular weight excluding hydrogens is 190 g/mol. The molecule has 0 amide bonds. The Balaban J connectivity index is 2.53. The average molecular weight is 201 g/mol. The van der Waals surface area contributed by atoms with Crippen molar-refractivity contribution in [3.05, 3.63) is 42.5 Å². The molecule has 0 radical (unpaired) electrons. The third-order valence-electron chi connectivity index (χ3n) is 2.11. The summed E-state index contributed by atoms with van der Waals surface area (Å²) in [6, 6.07) is 5.41. The van der Waals surface area contributed by atoms with Gasteiger partial charge >= 0.3 is 0 Å². The molecule has 0 aliphatic carbocycles. The third-order valence-corrected chi connectivity index (χ3v) is 2.11. The van der Waals surface area contributed by atoms with E-state index in [9.17, 15) is 5.11 Å². The van der Waals surface area contributed by atoms with Gasteiger partial charge in [0.05, 0.1) is 17.5 Å². The number of aromatic nitrogens is 3. The molecule has 0 aliphatic rings. The van der Waals surface area contributed by atoms with Gasteiger partial charge in [0.1, 0.15) is 6.33 Å². The first-order chi connectivity index (χ1) is 7.29. The SMILES string of the molecule is CC(O)c1cccnc1-c1ccncn1. The van der Waals surface area contributed by atoms with Crippen LogP contribution in [0.15, 0.2) is 36.9 Å². The highest BCUT2D eigenvalue weighted by Crippen LogP contribution is 2.23. The van der Waals surface area contributed by atoms with Crippen LogP contribution in [0.1, 0.15) is 18.6 Å². The van der Waals surface area contributed by atoms with Crippen molar-refractivity contribution >= 4 is 0 Å². The fraction of sp³-hybridized carbons (Fsp3) is 0.182. The van der Waals surface area contributed by atoms with E-state index < -0.39 is 6.10 Å². The Kier molecular flexibility index (Phi) is 2.69. The summed E-state index contributed by atoms with van der Waals surface area (Å²) in [4.78, 5) is 12.2. The molecule has 2 heterocycles. The Morgan fingerprint density at radius 2 is 2.07 bits per heavy atom. The monoisotopic (exact) mass is 201 g/mol. The highest BCUT2D eigenvalue weighted by Gasteiger charge is 2.10. The van der Waals surface area contributed by atoms with Crippen LogP contribution >= 0.6 is 0 Å². The second-order valence-electron chi connectivity index (χ2n) is 3.21. The number of hydrogen-bond donors (Lipinski definition) is 1. The predicted molar refractivity (Wildman–Crippen MR) is 55.9 cm³/mol. The van der Waals surface area contributed by atoms with Crippen LogP contribution in [0, 0.1) is 0 Å². The summed E-state index contributed by atoms with van der Waals surface area (Å²) >= 11 is 0. The summed E-state index contributed by atoms with van der Waals surface area (Å²) in [5, 5.41) is 9.58. The maximum absolute atomic E-state index is 9.58. The minimum Gasteiger partial charge on any atom is -0.389 e. The molecule has 0 saturated carbocycles. The second-order valence-corrected chi connectivity index (χ2v) is 3.21. The Morgan fingerprint density at radius 1 is 1.20 bits per heavy atom. The number of nitrogens with zero attached hydrogens (tertiary/aromatic N) is 3. The van der Waals surface area contributed by atoms with Gasteiger partial charge in [-0.15, -0.1) is 0 Å². The fourth-order valence-corrected chi connectivity index (χ4v) is 1.40. The molecule has 4 nitrogen and oxygen atoms in total. The zero-order chi connectivity index (χ0) is 10.7. The van der Waals surface area contributed by atoms with E-state index in [1.807, 2.05) is 6.07 Å². The summed E-state index contributed by atoms with van der Waals surface area (Å²) in [6.07, 6.45) is 4.26. The molecule has 15 heavy (non-hydrogen) atoms. The van der Waals surface area contributed by atoms with E-state index in [4.69, 9.17) is 0 Å². The quantitative estimate of drug-likeness (QED) is 0.801. The molecular formula is C11H11N3O. The molecule has 0 saturated heterocycles. The smallest absolute Gasteiger partial charge is 0.116 e. The van der Waals surface area contributed by atoms with Gasteiger partial charge in [0, 0.05) is 18.0 Å². The van der Waals surface area contributed by atoms with Crippen molar-refractivity contribution in [3.63, 3.8) is 0 Å². The fourth-order valence-electron chi connectivity index (χ4n) is 1.40. The number of pyridine rings is 1. The van der Waals surface area contributed by atoms with Gasteiger partial charge in [0.15, 0.2) is 0 Å². The molecule has 0 aliphatic heterocycles. The molecule has 76 valence electrons. The molecule has 0 bridgehead atoms. The zero-order valence-corrected chi connectivity index (χ0v) is 8.33. The molecule has 0 spiro atoms. The first kappa shape index (κ1) is 9.73. The lowest BCUT2D eigenvalue weighted by Crippen LogP contribution is -1.98. The first-order valence-corrected chi connectivity index (χ1v) is 4.68. The van der Waals surface area contributed by atoms with E-state index in [2.05, 4.69) is 15.0 Å². The Bertz CT molecular complexity index is 443. The van der Waals surface area contributed by atoms with Gasteiger partial charge in [0.2, 0.25) is 0 Å². The molecule has 1 N–H and O–H groups in total. The molecule has 2 rings (SSSR count). The summed E-state index contributed by atoms with van der Waals surface area (Å²) in [5.74, 6) is 0. The second kappa shape index (κ2) is 4.14. The molecule has 0 fully saturated rings. The van der Waals surface area contributed by atoms with E-state index in [1.165, 1.54) is 6.33 Å². The van der Waals surface area contributed by atoms with Crippen molar-refractivity contribution in [2.75, 3.05) is 0 Å². The number of aliphatic hydroxyl groups is 1. The van der Waals surface area contributed by atoms with Crippen molar-refractivity contribution in [1.82, 2.24) is 15.0 Å². The van der Waals surface area contributed by atoms with Crippen molar-refractivity contribution in [2.24, 2.45) is 0 Å². The van der Waals surface area contributed by atoms with Crippen LogP contribution in [0.2, 0.25) is 0 Å². The lowest BCUT2D eigenvalue weighted by molar-refractivity contribution is 0.199. The summed E-state index contributed by atoms with van der Waals surface area (Å²) in [7, 11) is 0. The van der Waals surface area contributed by atoms with Crippen molar-refractivity contribution < 1.29 is 5.11 Å². The van der Waals surface area contributed by atoms with E-state index in [1.54, 1.807) is 31.5 Å². The maximum atomic E-state index is 9.58. The number of rotatable bonds is 2. The van der Waals surface area contributed by atoms with Gasteiger partial charge in [-0.2, -0.15) is 0 Å². The molecule has 4 heteroatoms. The van der Waals surface area contributed by atoms with Crippen LogP contribution in [-0.4, -0.2) is 20.1 Å². The Labute approximate surface area is 87.7 Å². The minimum atomic E-state index is -0.552. The van der Waals surface area contributed by atoms with E-state index in [-0.39, 0.29) is 0 Å². The van der Waals surface area contributed by atoms with Crippen LogP contribution in [0.3, 0.4) is 0 Å². The molecule has 2 aromatic rings. The highest BCUT2D eigenvalue weighted by molar-refractivity contribution is 5.58. The van der Waals surface area contributed by atoms with Crippen molar-refractivity contribution in [1.29, 1.82) is 0 Å². The van der Waals surface area contributed by atoms with Crippen LogP contribution in [0.5, 0.6) is 0 Å². The van der Waals surface area contributed by atoms with Gasteiger partial charge in [-0.25, -0.2) is 9.97 Å². The molecule has 2 aromatic heterocycles. The van der Waals surface area contributed by atoms with Crippen LogP contribution in [-0.2, 0) is 0 Å². The van der Waals surface area contributed by atoms with Gasteiger partial charge in [-0.05, 0) is 19.1 Å². The largest absolute Gasteiger partial charge is 0.389 e. The van der Waals surface area contributed by atoms with Crippen LogP contribution < -0.4 is 0 Å². The zero-order valence-electron chi connectivity index (χ0n) is 8.33. The first-order valence-electron chi connectivity index (χ1n) is 4.68. The van der Waals surface area contributed by atoms with E-state index >= 15 is 0 Å². The Hall–Kier alpha value is -1.81. The lowest BCUT2D eigenvalue weighted by atomic mass is 10.1. The molecule has 0 aromatic carbocycles.